The number of carbonyl (C=O) groups excluding carboxylic acids is 1. The minimum absolute atomic E-state index is 0.179. The zero-order valence-corrected chi connectivity index (χ0v) is 13.6. The second-order valence-electron chi connectivity index (χ2n) is 5.59. The summed E-state index contributed by atoms with van der Waals surface area (Å²) in [5.41, 5.74) is 1.10. The van der Waals surface area contributed by atoms with Gasteiger partial charge in [0.1, 0.15) is 0 Å². The number of nitrogens with zero attached hydrogens (tertiary/aromatic N) is 3. The van der Waals surface area contributed by atoms with Gasteiger partial charge in [0.25, 0.3) is 0 Å². The van der Waals surface area contributed by atoms with Gasteiger partial charge >= 0.3 is 0 Å². The van der Waals surface area contributed by atoms with Gasteiger partial charge in [0.15, 0.2) is 0 Å². The van der Waals surface area contributed by atoms with Gasteiger partial charge in [0.2, 0.25) is 5.91 Å². The fraction of sp³-hybridized carbons (Fsp3) is 0.500. The van der Waals surface area contributed by atoms with Crippen molar-refractivity contribution in [3.05, 3.63) is 40.6 Å². The molecule has 0 aliphatic carbocycles. The molecule has 118 valence electrons. The summed E-state index contributed by atoms with van der Waals surface area (Å²) in [7, 11) is 0. The van der Waals surface area contributed by atoms with Gasteiger partial charge in [-0.1, -0.05) is 6.07 Å². The third-order valence-corrected chi connectivity index (χ3v) is 4.78. The Kier molecular flexibility index (Phi) is 4.90. The first-order valence-electron chi connectivity index (χ1n) is 7.63. The van der Waals surface area contributed by atoms with E-state index in [4.69, 9.17) is 4.74 Å². The monoisotopic (exact) mass is 319 g/mol. The standard InChI is InChI=1S/C16H21N3O2S/c1-2-21-11-13-8-18(10-14-7-17-12-19(14)9-13)16(20)6-15-4-3-5-22-15/h3-5,7,12-13H,2,6,8-11H2,1H3. The molecule has 0 N–H and O–H groups in total. The third-order valence-electron chi connectivity index (χ3n) is 3.90. The maximum absolute atomic E-state index is 12.6. The van der Waals surface area contributed by atoms with E-state index in [1.54, 1.807) is 11.3 Å². The van der Waals surface area contributed by atoms with Crippen LogP contribution in [0.15, 0.2) is 30.0 Å². The summed E-state index contributed by atoms with van der Waals surface area (Å²) in [6, 6.07) is 4.00. The minimum Gasteiger partial charge on any atom is -0.381 e. The van der Waals surface area contributed by atoms with Gasteiger partial charge in [0, 0.05) is 36.7 Å². The van der Waals surface area contributed by atoms with E-state index < -0.39 is 0 Å². The van der Waals surface area contributed by atoms with Crippen molar-refractivity contribution in [1.82, 2.24) is 14.5 Å². The summed E-state index contributed by atoms with van der Waals surface area (Å²) >= 11 is 1.63. The van der Waals surface area contributed by atoms with E-state index in [2.05, 4.69) is 9.55 Å². The smallest absolute Gasteiger partial charge is 0.228 e. The Morgan fingerprint density at radius 2 is 2.41 bits per heavy atom. The molecule has 2 aromatic heterocycles. The summed E-state index contributed by atoms with van der Waals surface area (Å²) in [5, 5.41) is 2.01. The molecule has 0 saturated carbocycles. The number of rotatable bonds is 5. The number of fused-ring (bicyclic) bond motifs is 1. The van der Waals surface area contributed by atoms with E-state index in [0.717, 1.165) is 23.7 Å². The largest absolute Gasteiger partial charge is 0.381 e. The van der Waals surface area contributed by atoms with Gasteiger partial charge in [-0.2, -0.15) is 0 Å². The lowest BCUT2D eigenvalue weighted by molar-refractivity contribution is -0.131. The topological polar surface area (TPSA) is 47.4 Å². The molecule has 6 heteroatoms. The van der Waals surface area contributed by atoms with Gasteiger partial charge in [-0.15, -0.1) is 11.3 Å². The number of aromatic nitrogens is 2. The van der Waals surface area contributed by atoms with Crippen molar-refractivity contribution >= 4 is 17.2 Å². The minimum atomic E-state index is 0.179. The van der Waals surface area contributed by atoms with Crippen molar-refractivity contribution in [2.75, 3.05) is 19.8 Å². The molecular weight excluding hydrogens is 298 g/mol. The highest BCUT2D eigenvalue weighted by Gasteiger charge is 2.25. The summed E-state index contributed by atoms with van der Waals surface area (Å²) in [4.78, 5) is 19.9. The molecule has 1 amide bonds. The van der Waals surface area contributed by atoms with E-state index in [9.17, 15) is 4.79 Å². The van der Waals surface area contributed by atoms with Gasteiger partial charge in [-0.3, -0.25) is 4.79 Å². The molecule has 1 unspecified atom stereocenters. The van der Waals surface area contributed by atoms with E-state index in [1.807, 2.05) is 41.9 Å². The molecule has 1 aliphatic heterocycles. The first-order chi connectivity index (χ1) is 10.8. The molecule has 0 bridgehead atoms. The van der Waals surface area contributed by atoms with Crippen molar-refractivity contribution in [2.45, 2.75) is 26.4 Å². The van der Waals surface area contributed by atoms with Crippen LogP contribution in [0.2, 0.25) is 0 Å². The molecule has 1 atom stereocenters. The molecule has 3 heterocycles. The molecule has 0 aromatic carbocycles. The van der Waals surface area contributed by atoms with Crippen molar-refractivity contribution < 1.29 is 9.53 Å². The predicted octanol–water partition coefficient (Wildman–Crippen LogP) is 2.18. The van der Waals surface area contributed by atoms with E-state index in [1.165, 1.54) is 0 Å². The Morgan fingerprint density at radius 3 is 3.18 bits per heavy atom. The molecule has 22 heavy (non-hydrogen) atoms. The number of thiophene rings is 1. The van der Waals surface area contributed by atoms with E-state index in [-0.39, 0.29) is 5.91 Å². The van der Waals surface area contributed by atoms with Crippen LogP contribution in [0, 0.1) is 5.92 Å². The van der Waals surface area contributed by atoms with Crippen LogP contribution in [0.3, 0.4) is 0 Å². The lowest BCUT2D eigenvalue weighted by atomic mass is 10.1. The Labute approximate surface area is 134 Å². The number of ether oxygens (including phenoxy) is 1. The van der Waals surface area contributed by atoms with Gasteiger partial charge in [-0.05, 0) is 18.4 Å². The van der Waals surface area contributed by atoms with Crippen LogP contribution < -0.4 is 0 Å². The Bertz CT molecular complexity index is 609. The number of amides is 1. The molecule has 0 spiro atoms. The average molecular weight is 319 g/mol. The Balaban J connectivity index is 1.73. The van der Waals surface area contributed by atoms with Crippen LogP contribution in [0.25, 0.3) is 0 Å². The first kappa shape index (κ1) is 15.2. The summed E-state index contributed by atoms with van der Waals surface area (Å²) in [5.74, 6) is 0.487. The molecule has 3 rings (SSSR count). The quantitative estimate of drug-likeness (QED) is 0.849. The van der Waals surface area contributed by atoms with Crippen LogP contribution in [-0.2, 0) is 29.0 Å². The van der Waals surface area contributed by atoms with E-state index >= 15 is 0 Å². The van der Waals surface area contributed by atoms with Crippen LogP contribution in [0.5, 0.6) is 0 Å². The maximum atomic E-state index is 12.6. The Hall–Kier alpha value is -1.66. The predicted molar refractivity (Wildman–Crippen MR) is 85.7 cm³/mol. The summed E-state index contributed by atoms with van der Waals surface area (Å²) < 4.78 is 7.73. The van der Waals surface area contributed by atoms with Crippen LogP contribution in [-0.4, -0.2) is 40.1 Å². The lowest BCUT2D eigenvalue weighted by Crippen LogP contribution is -2.36. The highest BCUT2D eigenvalue weighted by atomic mass is 32.1. The zero-order valence-electron chi connectivity index (χ0n) is 12.8. The fourth-order valence-electron chi connectivity index (χ4n) is 2.81. The third kappa shape index (κ3) is 3.56. The first-order valence-corrected chi connectivity index (χ1v) is 8.51. The summed E-state index contributed by atoms with van der Waals surface area (Å²) in [6.07, 6.45) is 4.18. The lowest BCUT2D eigenvalue weighted by Gasteiger charge is -2.24. The molecule has 2 aromatic rings. The van der Waals surface area contributed by atoms with Crippen molar-refractivity contribution in [2.24, 2.45) is 5.92 Å². The Morgan fingerprint density at radius 1 is 1.50 bits per heavy atom. The highest BCUT2D eigenvalue weighted by molar-refractivity contribution is 7.10. The van der Waals surface area contributed by atoms with E-state index in [0.29, 0.717) is 32.1 Å². The van der Waals surface area contributed by atoms with Gasteiger partial charge in [-0.25, -0.2) is 4.98 Å². The molecule has 0 fully saturated rings. The average Bonchev–Trinajstić information content (AvgIpc) is 3.13. The number of carbonyl (C=O) groups is 1. The molecular formula is C16H21N3O2S. The number of hydrogen-bond acceptors (Lipinski definition) is 4. The van der Waals surface area contributed by atoms with Crippen LogP contribution >= 0.6 is 11.3 Å². The SMILES string of the molecule is CCOCC1CN(C(=O)Cc2cccs2)Cc2cncn2C1. The highest BCUT2D eigenvalue weighted by Crippen LogP contribution is 2.19. The summed E-state index contributed by atoms with van der Waals surface area (Å²) in [6.45, 7) is 5.61. The molecule has 5 nitrogen and oxygen atoms in total. The van der Waals surface area contributed by atoms with Gasteiger partial charge in [0.05, 0.1) is 31.6 Å². The maximum Gasteiger partial charge on any atom is 0.228 e. The van der Waals surface area contributed by atoms with Crippen LogP contribution in [0.4, 0.5) is 0 Å². The van der Waals surface area contributed by atoms with Crippen LogP contribution in [0.1, 0.15) is 17.5 Å². The molecule has 1 aliphatic rings. The van der Waals surface area contributed by atoms with Crippen molar-refractivity contribution in [1.29, 1.82) is 0 Å². The van der Waals surface area contributed by atoms with Crippen molar-refractivity contribution in [3.63, 3.8) is 0 Å². The molecule has 0 radical (unpaired) electrons. The number of imidazole rings is 1. The number of hydrogen-bond donors (Lipinski definition) is 0. The molecule has 0 saturated heterocycles. The fourth-order valence-corrected chi connectivity index (χ4v) is 3.50. The zero-order chi connectivity index (χ0) is 15.4. The second kappa shape index (κ2) is 7.07. The normalized spacial score (nSPS) is 18.0. The van der Waals surface area contributed by atoms with Gasteiger partial charge < -0.3 is 14.2 Å². The van der Waals surface area contributed by atoms with Crippen molar-refractivity contribution in [3.8, 4) is 0 Å². The second-order valence-corrected chi connectivity index (χ2v) is 6.63.